The Balaban J connectivity index is -0.000000124. The summed E-state index contributed by atoms with van der Waals surface area (Å²) in [6.07, 6.45) is 5.76. The van der Waals surface area contributed by atoms with Gasteiger partial charge in [0.25, 0.3) is 20.2 Å². The van der Waals surface area contributed by atoms with Crippen molar-refractivity contribution in [1.29, 1.82) is 0 Å². The lowest BCUT2D eigenvalue weighted by atomic mass is 10.2. The number of nitrogens with one attached hydrogen (secondary N) is 1. The van der Waals surface area contributed by atoms with Gasteiger partial charge < -0.3 is 15.5 Å². The van der Waals surface area contributed by atoms with Crippen LogP contribution in [0.5, 0.6) is 0 Å². The zero-order valence-electron chi connectivity index (χ0n) is 12.8. The number of aliphatic hydroxyl groups is 2. The van der Waals surface area contributed by atoms with E-state index < -0.39 is 20.2 Å². The average Bonchev–Trinajstić information content (AvgIpc) is 2.23. The summed E-state index contributed by atoms with van der Waals surface area (Å²) in [6, 6.07) is 0. The van der Waals surface area contributed by atoms with E-state index in [2.05, 4.69) is 5.32 Å². The zero-order valence-corrected chi connectivity index (χ0v) is 15.3. The normalized spacial score (nSPS) is 10.5. The monoisotopic (exact) mass is 389 g/mol. The molecule has 0 rings (SSSR count). The molecular weight excluding hydrogens is 362 g/mol. The quantitative estimate of drug-likeness (QED) is 0.273. The highest BCUT2D eigenvalue weighted by atomic mass is 35.5. The molecule has 0 fully saturated rings. The number of rotatable bonds is 8. The van der Waals surface area contributed by atoms with Crippen LogP contribution in [0.15, 0.2) is 0 Å². The molecule has 0 saturated carbocycles. The Morgan fingerprint density at radius 1 is 0.727 bits per heavy atom. The molecule has 0 aliphatic rings. The minimum absolute atomic E-state index is 0. The van der Waals surface area contributed by atoms with Gasteiger partial charge in [-0.3, -0.25) is 9.11 Å². The van der Waals surface area contributed by atoms with Gasteiger partial charge >= 0.3 is 0 Å². The van der Waals surface area contributed by atoms with Crippen LogP contribution in [0.2, 0.25) is 0 Å². The summed E-state index contributed by atoms with van der Waals surface area (Å²) in [4.78, 5) is 0. The highest BCUT2D eigenvalue weighted by Gasteiger charge is 1.88. The molecule has 0 heterocycles. The van der Waals surface area contributed by atoms with Crippen LogP contribution >= 0.6 is 12.4 Å². The molecule has 0 aromatic rings. The Morgan fingerprint density at radius 3 is 1.41 bits per heavy atom. The van der Waals surface area contributed by atoms with Crippen LogP contribution in [0.1, 0.15) is 25.7 Å². The largest absolute Gasteiger partial charge is 0.396 e. The number of unbranched alkanes of at least 4 members (excludes halogenated alkanes) is 3. The van der Waals surface area contributed by atoms with Crippen molar-refractivity contribution in [1.82, 2.24) is 5.32 Å². The molecule has 0 aromatic carbocycles. The molecular formula is C10H28ClNO8S2. The third kappa shape index (κ3) is 113. The van der Waals surface area contributed by atoms with Gasteiger partial charge in [0, 0.05) is 13.2 Å². The van der Waals surface area contributed by atoms with Gasteiger partial charge in [0.15, 0.2) is 0 Å². The van der Waals surface area contributed by atoms with Gasteiger partial charge in [-0.1, -0.05) is 12.8 Å². The van der Waals surface area contributed by atoms with E-state index in [0.29, 0.717) is 25.7 Å². The number of hydrogen-bond donors (Lipinski definition) is 5. The van der Waals surface area contributed by atoms with Crippen molar-refractivity contribution in [3.8, 4) is 0 Å². The molecule has 0 aliphatic carbocycles. The van der Waals surface area contributed by atoms with E-state index >= 15 is 0 Å². The van der Waals surface area contributed by atoms with Gasteiger partial charge in [0.2, 0.25) is 0 Å². The predicted octanol–water partition coefficient (Wildman–Crippen LogP) is -0.449. The van der Waals surface area contributed by atoms with Crippen molar-refractivity contribution < 1.29 is 36.2 Å². The van der Waals surface area contributed by atoms with Gasteiger partial charge in [-0.15, -0.1) is 12.4 Å². The van der Waals surface area contributed by atoms with Gasteiger partial charge in [0.1, 0.15) is 0 Å². The summed E-state index contributed by atoms with van der Waals surface area (Å²) in [5.41, 5.74) is 0. The van der Waals surface area contributed by atoms with Crippen molar-refractivity contribution in [2.24, 2.45) is 0 Å². The summed E-state index contributed by atoms with van der Waals surface area (Å²) in [5, 5.41) is 20.0. The molecule has 22 heavy (non-hydrogen) atoms. The summed E-state index contributed by atoms with van der Waals surface area (Å²) in [6.45, 7) is 2.20. The summed E-state index contributed by atoms with van der Waals surface area (Å²) >= 11 is 0. The lowest BCUT2D eigenvalue weighted by Gasteiger charge is -2.01. The molecule has 5 N–H and O–H groups in total. The highest BCUT2D eigenvalue weighted by molar-refractivity contribution is 7.85. The Kier molecular flexibility index (Phi) is 25.9. The Morgan fingerprint density at radius 2 is 1.09 bits per heavy atom. The van der Waals surface area contributed by atoms with Gasteiger partial charge in [0.05, 0.1) is 19.1 Å². The molecule has 0 saturated heterocycles. The predicted molar refractivity (Wildman–Crippen MR) is 87.7 cm³/mol. The molecule has 0 aromatic heterocycles. The topological polar surface area (TPSA) is 161 Å². The molecule has 0 radical (unpaired) electrons. The molecule has 0 bridgehead atoms. The molecule has 9 nitrogen and oxygen atoms in total. The smallest absolute Gasteiger partial charge is 0.261 e. The van der Waals surface area contributed by atoms with Crippen LogP contribution in [0.3, 0.4) is 0 Å². The lowest BCUT2D eigenvalue weighted by molar-refractivity contribution is 0.281. The van der Waals surface area contributed by atoms with Gasteiger partial charge in [-0.2, -0.15) is 16.8 Å². The minimum Gasteiger partial charge on any atom is -0.396 e. The molecule has 0 aliphatic heterocycles. The van der Waals surface area contributed by atoms with E-state index in [0.717, 1.165) is 25.8 Å². The maximum atomic E-state index is 9.19. The van der Waals surface area contributed by atoms with Crippen molar-refractivity contribution in [2.75, 3.05) is 38.8 Å². The summed E-state index contributed by atoms with van der Waals surface area (Å²) in [5.74, 6) is 0. The fourth-order valence-electron chi connectivity index (χ4n) is 0.919. The first-order valence-corrected chi connectivity index (χ1v) is 9.88. The maximum Gasteiger partial charge on any atom is 0.261 e. The van der Waals surface area contributed by atoms with E-state index in [1.165, 1.54) is 6.42 Å². The Hall–Kier alpha value is -0.0100. The third-order valence-corrected chi connectivity index (χ3v) is 1.55. The Bertz CT molecular complexity index is 345. The second-order valence-corrected chi connectivity index (χ2v) is 7.01. The van der Waals surface area contributed by atoms with E-state index in [4.69, 9.17) is 19.3 Å². The fourth-order valence-corrected chi connectivity index (χ4v) is 0.919. The maximum absolute atomic E-state index is 9.19. The first-order valence-electron chi connectivity index (χ1n) is 6.19. The van der Waals surface area contributed by atoms with Crippen LogP contribution in [-0.2, 0) is 20.2 Å². The minimum atomic E-state index is -3.67. The van der Waals surface area contributed by atoms with E-state index in [1.807, 2.05) is 0 Å². The second-order valence-electron chi connectivity index (χ2n) is 4.08. The number of aliphatic hydroxyl groups excluding tert-OH is 2. The van der Waals surface area contributed by atoms with E-state index in [-0.39, 0.29) is 19.0 Å². The van der Waals surface area contributed by atoms with Crippen molar-refractivity contribution >= 4 is 32.6 Å². The molecule has 140 valence electrons. The number of hydrogen-bond acceptors (Lipinski definition) is 7. The summed E-state index contributed by atoms with van der Waals surface area (Å²) in [7, 11) is -7.33. The van der Waals surface area contributed by atoms with Crippen LogP contribution in [0.25, 0.3) is 0 Å². The molecule has 0 spiro atoms. The van der Waals surface area contributed by atoms with Crippen LogP contribution in [-0.4, -0.2) is 75.0 Å². The average molecular weight is 390 g/mol. The van der Waals surface area contributed by atoms with Crippen molar-refractivity contribution in [3.63, 3.8) is 0 Å². The third-order valence-electron chi connectivity index (χ3n) is 1.55. The molecule has 0 amide bonds. The zero-order chi connectivity index (χ0) is 17.4. The van der Waals surface area contributed by atoms with E-state index in [9.17, 15) is 16.8 Å². The molecule has 0 atom stereocenters. The van der Waals surface area contributed by atoms with Crippen molar-refractivity contribution in [2.45, 2.75) is 25.7 Å². The van der Waals surface area contributed by atoms with Crippen LogP contribution in [0.4, 0.5) is 0 Å². The van der Waals surface area contributed by atoms with Gasteiger partial charge in [-0.05, 0) is 19.4 Å². The summed E-state index contributed by atoms with van der Waals surface area (Å²) < 4.78 is 51.7. The van der Waals surface area contributed by atoms with Crippen molar-refractivity contribution in [3.05, 3.63) is 0 Å². The van der Waals surface area contributed by atoms with Crippen LogP contribution in [0, 0.1) is 0 Å². The molecule has 12 heteroatoms. The number of halogens is 1. The highest BCUT2D eigenvalue weighted by Crippen LogP contribution is 1.96. The fraction of sp³-hybridized carbons (Fsp3) is 1.00. The molecule has 0 unspecified atom stereocenters. The first-order chi connectivity index (χ1) is 9.41. The lowest BCUT2D eigenvalue weighted by Crippen LogP contribution is -2.19. The second kappa shape index (κ2) is 19.0. The van der Waals surface area contributed by atoms with Gasteiger partial charge in [-0.25, -0.2) is 0 Å². The van der Waals surface area contributed by atoms with E-state index in [1.54, 1.807) is 0 Å². The standard InChI is InChI=1S/C8H19NO2.2CH4O3S.ClH/c10-7-4-2-1-3-5-9-6-8-11;2*1-5(2,3)4;/h9-11H,1-8H2;2*1H3,(H,2,3,4);1H. The SMILES string of the molecule is CS(=O)(=O)O.CS(=O)(=O)O.Cl.OCCCCCCNCCO. The first kappa shape index (κ1) is 29.9. The van der Waals surface area contributed by atoms with Crippen LogP contribution < -0.4 is 5.32 Å². The Labute approximate surface area is 139 Å².